The third kappa shape index (κ3) is 7.45. The fourth-order valence-corrected chi connectivity index (χ4v) is 14.7. The Morgan fingerprint density at radius 3 is 0.576 bits per heavy atom. The van der Waals surface area contributed by atoms with Gasteiger partial charge in [0.25, 0.3) is 0 Å². The summed E-state index contributed by atoms with van der Waals surface area (Å²) in [5, 5.41) is 0. The first kappa shape index (κ1) is 44.8. The summed E-state index contributed by atoms with van der Waals surface area (Å²) < 4.78 is 54.8. The lowest BCUT2D eigenvalue weighted by molar-refractivity contribution is 0.597. The van der Waals surface area contributed by atoms with Crippen LogP contribution in [0.4, 0.5) is 0 Å². The van der Waals surface area contributed by atoms with E-state index in [1.54, 1.807) is 0 Å². The molecule has 2 aliphatic rings. The van der Waals surface area contributed by atoms with Gasteiger partial charge in [0.15, 0.2) is 0 Å². The Bertz CT molecular complexity index is 3070. The Kier molecular flexibility index (Phi) is 11.0. The van der Waals surface area contributed by atoms with Crippen molar-refractivity contribution in [2.75, 3.05) is 0 Å². The molecular weight excluding hydrogens is 849 g/mol. The van der Waals surface area contributed by atoms with E-state index in [4.69, 9.17) is 0 Å². The van der Waals surface area contributed by atoms with Crippen LogP contribution in [0.25, 0.3) is 66.8 Å². The summed E-state index contributed by atoms with van der Waals surface area (Å²) in [6, 6.07) is 40.7. The highest BCUT2D eigenvalue weighted by molar-refractivity contribution is 7.92. The van der Waals surface area contributed by atoms with Gasteiger partial charge in [0, 0.05) is 22.3 Å². The highest BCUT2D eigenvalue weighted by Gasteiger charge is 2.35. The number of aryl methyl sites for hydroxylation is 12. The molecule has 0 N–H and O–H groups in total. The fourth-order valence-electron chi connectivity index (χ4n) is 11.3. The molecular formula is C60H56O4S2. The normalized spacial score (nSPS) is 13.6. The van der Waals surface area contributed by atoms with Crippen molar-refractivity contribution in [2.24, 2.45) is 0 Å². The average Bonchev–Trinajstić information content (AvgIpc) is 3.58. The van der Waals surface area contributed by atoms with Crippen LogP contribution < -0.4 is 0 Å². The third-order valence-electron chi connectivity index (χ3n) is 13.5. The topological polar surface area (TPSA) is 68.3 Å². The van der Waals surface area contributed by atoms with E-state index >= 15 is 0 Å². The number of hydrogen-bond donors (Lipinski definition) is 0. The first-order valence-corrected chi connectivity index (χ1v) is 25.5. The Morgan fingerprint density at radius 2 is 0.409 bits per heavy atom. The molecule has 6 heteroatoms. The maximum absolute atomic E-state index is 13.7. The molecule has 8 aromatic carbocycles. The number of sulfone groups is 2. The lowest BCUT2D eigenvalue weighted by Gasteiger charge is -2.13. The monoisotopic (exact) mass is 904 g/mol. The zero-order chi connectivity index (χ0) is 47.3. The molecule has 0 fully saturated rings. The van der Waals surface area contributed by atoms with Crippen molar-refractivity contribution >= 4 is 19.7 Å². The Morgan fingerprint density at radius 1 is 0.242 bits per heavy atom. The number of benzene rings is 8. The smallest absolute Gasteiger partial charge is 0.207 e. The average molecular weight is 905 g/mol. The van der Waals surface area contributed by atoms with Crippen LogP contribution in [0.5, 0.6) is 0 Å². The van der Waals surface area contributed by atoms with Gasteiger partial charge in [-0.25, -0.2) is 16.8 Å². The van der Waals surface area contributed by atoms with Crippen LogP contribution in [0, 0.1) is 83.1 Å². The van der Waals surface area contributed by atoms with Crippen LogP contribution >= 0.6 is 0 Å². The Labute approximate surface area is 391 Å². The molecule has 0 atom stereocenters. The van der Waals surface area contributed by atoms with Crippen molar-refractivity contribution < 1.29 is 16.8 Å². The van der Waals surface area contributed by atoms with Crippen LogP contribution in [0.15, 0.2) is 141 Å². The Balaban J connectivity index is 0.000000166. The number of fused-ring (bicyclic) bond motifs is 6. The molecule has 0 spiro atoms. The van der Waals surface area contributed by atoms with E-state index in [0.29, 0.717) is 19.6 Å². The van der Waals surface area contributed by atoms with Crippen LogP contribution in [-0.2, 0) is 19.7 Å². The van der Waals surface area contributed by atoms with E-state index in [1.807, 2.05) is 48.5 Å². The van der Waals surface area contributed by atoms with Gasteiger partial charge in [0.2, 0.25) is 19.7 Å². The van der Waals surface area contributed by atoms with E-state index in [-0.39, 0.29) is 0 Å². The first-order chi connectivity index (χ1) is 31.1. The number of rotatable bonds is 4. The summed E-state index contributed by atoms with van der Waals surface area (Å²) in [4.78, 5) is 1.63. The first-order valence-electron chi connectivity index (χ1n) is 22.6. The van der Waals surface area contributed by atoms with Gasteiger partial charge in [-0.2, -0.15) is 0 Å². The molecule has 66 heavy (non-hydrogen) atoms. The molecule has 8 aromatic rings. The van der Waals surface area contributed by atoms with Crippen molar-refractivity contribution in [3.8, 4) is 66.8 Å². The summed E-state index contributed by atoms with van der Waals surface area (Å²) in [6.45, 7) is 25.0. The molecule has 0 aromatic heterocycles. The lowest BCUT2D eigenvalue weighted by Crippen LogP contribution is -1.99. The van der Waals surface area contributed by atoms with Gasteiger partial charge < -0.3 is 0 Å². The van der Waals surface area contributed by atoms with Gasteiger partial charge in [0.05, 0.1) is 19.6 Å². The summed E-state index contributed by atoms with van der Waals surface area (Å²) in [5.74, 6) is 0. The van der Waals surface area contributed by atoms with Crippen molar-refractivity contribution in [1.82, 2.24) is 0 Å². The molecule has 0 unspecified atom stereocenters. The summed E-state index contributed by atoms with van der Waals surface area (Å²) in [7, 11) is -7.19. The minimum Gasteiger partial charge on any atom is -0.218 e. The molecule has 0 saturated heterocycles. The largest absolute Gasteiger partial charge is 0.218 e. The molecule has 10 rings (SSSR count). The maximum Gasteiger partial charge on any atom is 0.207 e. The Hall–Kier alpha value is -6.34. The summed E-state index contributed by atoms with van der Waals surface area (Å²) in [5.41, 5.74) is 25.5. The molecule has 0 saturated carbocycles. The van der Waals surface area contributed by atoms with Gasteiger partial charge in [0.1, 0.15) is 0 Å². The van der Waals surface area contributed by atoms with Gasteiger partial charge >= 0.3 is 0 Å². The van der Waals surface area contributed by atoms with E-state index in [0.717, 1.165) is 111 Å². The van der Waals surface area contributed by atoms with Gasteiger partial charge in [-0.1, -0.05) is 119 Å². The molecule has 0 bridgehead atoms. The van der Waals surface area contributed by atoms with Crippen molar-refractivity contribution in [3.05, 3.63) is 188 Å². The van der Waals surface area contributed by atoms with E-state index in [1.165, 1.54) is 22.3 Å². The number of hydrogen-bond acceptors (Lipinski definition) is 4. The summed E-state index contributed by atoms with van der Waals surface area (Å²) >= 11 is 0. The van der Waals surface area contributed by atoms with Gasteiger partial charge in [-0.15, -0.1) is 0 Å². The van der Waals surface area contributed by atoms with E-state index in [9.17, 15) is 16.8 Å². The molecule has 332 valence electrons. The van der Waals surface area contributed by atoms with Crippen LogP contribution in [-0.4, -0.2) is 16.8 Å². The second-order valence-corrected chi connectivity index (χ2v) is 22.7. The second kappa shape index (κ2) is 16.2. The SMILES string of the molecule is Cc1cc(C)c(-c2ccc3c(c2)S(=O)(=O)c2cc(-c4c(C)cc(C)cc4C)ccc2-3)c(C)c1.Cc1cc(C)c(-c2ccc3c(c2)S(=O)(=O)c2cc(-c4c(C)cc(C)cc4C)ccc2-3)c(C)c1. The van der Waals surface area contributed by atoms with E-state index in [2.05, 4.69) is 156 Å². The zero-order valence-electron chi connectivity index (χ0n) is 40.0. The molecule has 4 nitrogen and oxygen atoms in total. The van der Waals surface area contributed by atoms with Gasteiger partial charge in [-0.05, 0) is 196 Å². The van der Waals surface area contributed by atoms with Crippen LogP contribution in [0.3, 0.4) is 0 Å². The second-order valence-electron chi connectivity index (χ2n) is 18.9. The lowest BCUT2D eigenvalue weighted by atomic mass is 9.91. The van der Waals surface area contributed by atoms with Crippen LogP contribution in [0.1, 0.15) is 66.8 Å². The summed E-state index contributed by atoms with van der Waals surface area (Å²) in [6.07, 6.45) is 0. The van der Waals surface area contributed by atoms with E-state index < -0.39 is 19.7 Å². The maximum atomic E-state index is 13.7. The van der Waals surface area contributed by atoms with Gasteiger partial charge in [-0.3, -0.25) is 0 Å². The minimum absolute atomic E-state index is 0.406. The highest BCUT2D eigenvalue weighted by Crippen LogP contribution is 2.49. The van der Waals surface area contributed by atoms with Crippen molar-refractivity contribution in [3.63, 3.8) is 0 Å². The zero-order valence-corrected chi connectivity index (χ0v) is 41.6. The van der Waals surface area contributed by atoms with Crippen molar-refractivity contribution in [1.29, 1.82) is 0 Å². The third-order valence-corrected chi connectivity index (χ3v) is 17.2. The molecule has 2 aliphatic heterocycles. The molecule has 2 heterocycles. The van der Waals surface area contributed by atoms with Crippen LogP contribution in [0.2, 0.25) is 0 Å². The molecule has 0 radical (unpaired) electrons. The highest BCUT2D eigenvalue weighted by atomic mass is 32.2. The van der Waals surface area contributed by atoms with Crippen molar-refractivity contribution in [2.45, 2.75) is 103 Å². The fraction of sp³-hybridized carbons (Fsp3) is 0.200. The quantitative estimate of drug-likeness (QED) is 0.176. The predicted octanol–water partition coefficient (Wildman–Crippen LogP) is 15.4. The minimum atomic E-state index is -3.59. The standard InChI is InChI=1S/2C30H28O2S/c2*1-17-11-19(3)29(20(4)12-17)23-7-9-25-26-10-8-24(16-28(26)33(31,32)27(25)15-23)30-21(5)13-18(2)14-22(30)6/h2*7-16H,1-6H3. The molecule has 0 aliphatic carbocycles. The predicted molar refractivity (Wildman–Crippen MR) is 273 cm³/mol. The molecule has 0 amide bonds.